The molecule has 8 nitrogen and oxygen atoms in total. The standard InChI is InChI=1S/C21H21N3O5/c1-24-21(27)16-7-5-4-6-15(16)19(23-24)20(26)22-17(12-18(25)29-3)13-8-10-14(28-2)11-9-13/h4-11,17H,12H2,1-3H3,(H,22,26)/t17-/m0/s1. The summed E-state index contributed by atoms with van der Waals surface area (Å²) < 4.78 is 11.0. The van der Waals surface area contributed by atoms with E-state index in [4.69, 9.17) is 9.47 Å². The minimum absolute atomic E-state index is 0.0573. The van der Waals surface area contributed by atoms with Crippen LogP contribution in [-0.2, 0) is 16.6 Å². The van der Waals surface area contributed by atoms with Gasteiger partial charge in [0.2, 0.25) is 0 Å². The van der Waals surface area contributed by atoms with Gasteiger partial charge in [-0.05, 0) is 23.8 Å². The Kier molecular flexibility index (Phi) is 5.92. The van der Waals surface area contributed by atoms with E-state index in [0.29, 0.717) is 22.1 Å². The van der Waals surface area contributed by atoms with Crippen LogP contribution in [0.4, 0.5) is 0 Å². The summed E-state index contributed by atoms with van der Waals surface area (Å²) in [6.45, 7) is 0. The molecule has 29 heavy (non-hydrogen) atoms. The Balaban J connectivity index is 1.98. The molecule has 0 unspecified atom stereocenters. The van der Waals surface area contributed by atoms with E-state index >= 15 is 0 Å². The number of amides is 1. The number of methoxy groups -OCH3 is 2. The predicted molar refractivity (Wildman–Crippen MR) is 107 cm³/mol. The van der Waals surface area contributed by atoms with E-state index in [2.05, 4.69) is 10.4 Å². The lowest BCUT2D eigenvalue weighted by Crippen LogP contribution is -2.33. The number of nitrogens with zero attached hydrogens (tertiary/aromatic N) is 2. The topological polar surface area (TPSA) is 99.5 Å². The van der Waals surface area contributed by atoms with Gasteiger partial charge >= 0.3 is 5.97 Å². The second-order valence-corrected chi connectivity index (χ2v) is 6.40. The molecule has 0 saturated carbocycles. The monoisotopic (exact) mass is 395 g/mol. The Hall–Kier alpha value is -3.68. The highest BCUT2D eigenvalue weighted by Gasteiger charge is 2.23. The van der Waals surface area contributed by atoms with Gasteiger partial charge in [0.1, 0.15) is 5.75 Å². The summed E-state index contributed by atoms with van der Waals surface area (Å²) in [5.41, 5.74) is 0.517. The quantitative estimate of drug-likeness (QED) is 0.641. The second-order valence-electron chi connectivity index (χ2n) is 6.40. The van der Waals surface area contributed by atoms with E-state index in [1.807, 2.05) is 0 Å². The van der Waals surface area contributed by atoms with Gasteiger partial charge < -0.3 is 14.8 Å². The number of nitrogens with one attached hydrogen (secondary N) is 1. The molecule has 1 N–H and O–H groups in total. The summed E-state index contributed by atoms with van der Waals surface area (Å²) >= 11 is 0. The minimum Gasteiger partial charge on any atom is -0.497 e. The van der Waals surface area contributed by atoms with Crippen LogP contribution >= 0.6 is 0 Å². The zero-order valence-corrected chi connectivity index (χ0v) is 16.3. The summed E-state index contributed by atoms with van der Waals surface area (Å²) in [6.07, 6.45) is -0.0573. The summed E-state index contributed by atoms with van der Waals surface area (Å²) in [5, 5.41) is 7.80. The zero-order chi connectivity index (χ0) is 21.0. The first-order valence-electron chi connectivity index (χ1n) is 8.92. The normalized spacial score (nSPS) is 11.7. The van der Waals surface area contributed by atoms with Crippen molar-refractivity contribution in [1.82, 2.24) is 15.1 Å². The van der Waals surface area contributed by atoms with E-state index in [1.165, 1.54) is 14.2 Å². The van der Waals surface area contributed by atoms with Gasteiger partial charge in [0.05, 0.1) is 32.1 Å². The number of fused-ring (bicyclic) bond motifs is 1. The third kappa shape index (κ3) is 4.26. The third-order valence-electron chi connectivity index (χ3n) is 4.59. The molecule has 0 saturated heterocycles. The maximum Gasteiger partial charge on any atom is 0.307 e. The first kappa shape index (κ1) is 20.1. The highest BCUT2D eigenvalue weighted by molar-refractivity contribution is 6.05. The molecule has 0 aliphatic heterocycles. The third-order valence-corrected chi connectivity index (χ3v) is 4.59. The smallest absolute Gasteiger partial charge is 0.307 e. The van der Waals surface area contributed by atoms with Crippen LogP contribution in [0.25, 0.3) is 10.8 Å². The highest BCUT2D eigenvalue weighted by atomic mass is 16.5. The van der Waals surface area contributed by atoms with Crippen molar-refractivity contribution >= 4 is 22.6 Å². The van der Waals surface area contributed by atoms with Crippen LogP contribution in [0.3, 0.4) is 0 Å². The van der Waals surface area contributed by atoms with E-state index in [0.717, 1.165) is 4.68 Å². The maximum absolute atomic E-state index is 13.0. The number of carbonyl (C=O) groups is 2. The summed E-state index contributed by atoms with van der Waals surface area (Å²) in [5.74, 6) is -0.312. The fourth-order valence-electron chi connectivity index (χ4n) is 3.03. The predicted octanol–water partition coefficient (Wildman–Crippen LogP) is 1.98. The van der Waals surface area contributed by atoms with Crippen molar-refractivity contribution in [3.8, 4) is 5.75 Å². The first-order chi connectivity index (χ1) is 13.9. The number of aromatic nitrogens is 2. The van der Waals surface area contributed by atoms with E-state index in [1.54, 1.807) is 55.6 Å². The van der Waals surface area contributed by atoms with Gasteiger partial charge in [-0.15, -0.1) is 0 Å². The van der Waals surface area contributed by atoms with Gasteiger partial charge in [0, 0.05) is 12.4 Å². The molecule has 1 heterocycles. The van der Waals surface area contributed by atoms with Gasteiger partial charge in [-0.3, -0.25) is 14.4 Å². The lowest BCUT2D eigenvalue weighted by atomic mass is 10.0. The van der Waals surface area contributed by atoms with E-state index in [-0.39, 0.29) is 17.7 Å². The van der Waals surface area contributed by atoms with E-state index < -0.39 is 17.9 Å². The molecule has 0 bridgehead atoms. The van der Waals surface area contributed by atoms with Crippen LogP contribution in [0.2, 0.25) is 0 Å². The van der Waals surface area contributed by atoms with Crippen molar-refractivity contribution in [1.29, 1.82) is 0 Å². The van der Waals surface area contributed by atoms with Crippen molar-refractivity contribution in [2.75, 3.05) is 14.2 Å². The average molecular weight is 395 g/mol. The lowest BCUT2D eigenvalue weighted by Gasteiger charge is -2.19. The number of benzene rings is 2. The highest BCUT2D eigenvalue weighted by Crippen LogP contribution is 2.22. The molecule has 0 radical (unpaired) electrons. The molecule has 8 heteroatoms. The summed E-state index contributed by atoms with van der Waals surface area (Å²) in [7, 11) is 4.33. The number of aryl methyl sites for hydroxylation is 1. The van der Waals surface area contributed by atoms with Crippen LogP contribution < -0.4 is 15.6 Å². The number of hydrogen-bond acceptors (Lipinski definition) is 6. The Morgan fingerprint density at radius 1 is 1.07 bits per heavy atom. The van der Waals surface area contributed by atoms with Crippen LogP contribution in [0.1, 0.15) is 28.5 Å². The molecule has 3 aromatic rings. The van der Waals surface area contributed by atoms with Gasteiger partial charge in [0.15, 0.2) is 5.69 Å². The van der Waals surface area contributed by atoms with Crippen LogP contribution in [0.5, 0.6) is 5.75 Å². The van der Waals surface area contributed by atoms with Crippen molar-refractivity contribution in [3.63, 3.8) is 0 Å². The lowest BCUT2D eigenvalue weighted by molar-refractivity contribution is -0.141. The molecule has 0 fully saturated rings. The zero-order valence-electron chi connectivity index (χ0n) is 16.3. The summed E-state index contributed by atoms with van der Waals surface area (Å²) in [6, 6.07) is 13.1. The largest absolute Gasteiger partial charge is 0.497 e. The SMILES string of the molecule is COC(=O)C[C@H](NC(=O)c1nn(C)c(=O)c2ccccc12)c1ccc(OC)cc1. The molecule has 0 aliphatic rings. The molecular formula is C21H21N3O5. The molecule has 0 spiro atoms. The van der Waals surface area contributed by atoms with Crippen molar-refractivity contribution in [2.24, 2.45) is 7.05 Å². The molecule has 0 aliphatic carbocycles. The maximum atomic E-state index is 13.0. The number of rotatable bonds is 6. The first-order valence-corrected chi connectivity index (χ1v) is 8.92. The molecular weight excluding hydrogens is 374 g/mol. The van der Waals surface area contributed by atoms with Crippen LogP contribution in [0, 0.1) is 0 Å². The Bertz CT molecular complexity index is 1110. The molecule has 3 rings (SSSR count). The molecule has 1 atom stereocenters. The van der Waals surface area contributed by atoms with Crippen molar-refractivity contribution in [2.45, 2.75) is 12.5 Å². The van der Waals surface area contributed by atoms with Crippen molar-refractivity contribution in [3.05, 3.63) is 70.1 Å². The van der Waals surface area contributed by atoms with E-state index in [9.17, 15) is 14.4 Å². The summed E-state index contributed by atoms with van der Waals surface area (Å²) in [4.78, 5) is 37.2. The van der Waals surface area contributed by atoms with Crippen molar-refractivity contribution < 1.29 is 19.1 Å². The molecule has 1 amide bonds. The Labute approximate surface area is 167 Å². The molecule has 1 aromatic heterocycles. The fraction of sp³-hybridized carbons (Fsp3) is 0.238. The molecule has 150 valence electrons. The fourth-order valence-corrected chi connectivity index (χ4v) is 3.03. The van der Waals surface area contributed by atoms with Gasteiger partial charge in [0.25, 0.3) is 11.5 Å². The number of hydrogen-bond donors (Lipinski definition) is 1. The van der Waals surface area contributed by atoms with Gasteiger partial charge in [-0.25, -0.2) is 4.68 Å². The Morgan fingerprint density at radius 3 is 2.34 bits per heavy atom. The van der Waals surface area contributed by atoms with Crippen LogP contribution in [0.15, 0.2) is 53.3 Å². The average Bonchev–Trinajstić information content (AvgIpc) is 2.75. The number of esters is 1. The van der Waals surface area contributed by atoms with Gasteiger partial charge in [-0.1, -0.05) is 30.3 Å². The number of ether oxygens (including phenoxy) is 2. The Morgan fingerprint density at radius 2 is 1.72 bits per heavy atom. The minimum atomic E-state index is -0.640. The van der Waals surface area contributed by atoms with Gasteiger partial charge in [-0.2, -0.15) is 5.10 Å². The molecule has 2 aromatic carbocycles. The number of carbonyl (C=O) groups excluding carboxylic acids is 2. The second kappa shape index (κ2) is 8.55. The van der Waals surface area contributed by atoms with Crippen LogP contribution in [-0.4, -0.2) is 35.9 Å².